The Kier molecular flexibility index (Phi) is 13.0. The first-order valence-corrected chi connectivity index (χ1v) is 15.3. The molecule has 1 saturated heterocycles. The summed E-state index contributed by atoms with van der Waals surface area (Å²) < 4.78 is 11.8. The number of amides is 1. The number of nitrogens with zero attached hydrogens (tertiary/aromatic N) is 3. The van der Waals surface area contributed by atoms with Gasteiger partial charge in [0.15, 0.2) is 22.5 Å². The number of nitrogens with one attached hydrogen (secondary N) is 1. The van der Waals surface area contributed by atoms with Crippen LogP contribution in [0.15, 0.2) is 48.5 Å². The number of piperidine rings is 1. The van der Waals surface area contributed by atoms with Crippen LogP contribution in [0.1, 0.15) is 47.3 Å². The van der Waals surface area contributed by atoms with Crippen LogP contribution >= 0.6 is 23.2 Å². The molecule has 0 aliphatic carbocycles. The average molecular weight is 619 g/mol. The number of ether oxygens (including phenoxy) is 2. The van der Waals surface area contributed by atoms with E-state index in [1.165, 1.54) is 17.5 Å². The molecule has 0 saturated carbocycles. The first-order chi connectivity index (χ1) is 20.3. The minimum Gasteiger partial charge on any atom is -0.497 e. The van der Waals surface area contributed by atoms with E-state index in [0.29, 0.717) is 0 Å². The minimum atomic E-state index is -0.371. The van der Waals surface area contributed by atoms with E-state index in [4.69, 9.17) is 32.5 Å². The molecule has 1 aromatic heterocycles. The van der Waals surface area contributed by atoms with Crippen molar-refractivity contribution in [1.29, 1.82) is 0 Å². The monoisotopic (exact) mass is 617 g/mol. The molecule has 11 heteroatoms. The van der Waals surface area contributed by atoms with E-state index in [0.717, 1.165) is 80.7 Å². The van der Waals surface area contributed by atoms with Crippen molar-refractivity contribution in [2.45, 2.75) is 44.6 Å². The maximum absolute atomic E-state index is 13.1. The van der Waals surface area contributed by atoms with Crippen molar-refractivity contribution in [3.8, 4) is 11.5 Å². The summed E-state index contributed by atoms with van der Waals surface area (Å²) in [4.78, 5) is 21.1. The van der Waals surface area contributed by atoms with Gasteiger partial charge in [0.2, 0.25) is 0 Å². The van der Waals surface area contributed by atoms with Crippen molar-refractivity contribution in [2.75, 3.05) is 58.2 Å². The summed E-state index contributed by atoms with van der Waals surface area (Å²) >= 11 is 10.7. The highest BCUT2D eigenvalue weighted by Crippen LogP contribution is 2.25. The van der Waals surface area contributed by atoms with Gasteiger partial charge in [-0.2, -0.15) is 0 Å². The minimum absolute atomic E-state index is 0.00702. The number of aromatic nitrogens is 2. The molecule has 42 heavy (non-hydrogen) atoms. The van der Waals surface area contributed by atoms with E-state index in [2.05, 4.69) is 51.2 Å². The van der Waals surface area contributed by atoms with Gasteiger partial charge < -0.3 is 30.7 Å². The Morgan fingerprint density at radius 1 is 0.952 bits per heavy atom. The average Bonchev–Trinajstić information content (AvgIpc) is 3.00. The number of aryl methyl sites for hydroxylation is 2. The van der Waals surface area contributed by atoms with Gasteiger partial charge in [-0.1, -0.05) is 35.9 Å². The number of benzene rings is 2. The molecule has 1 fully saturated rings. The lowest BCUT2D eigenvalue weighted by Crippen LogP contribution is -2.60. The van der Waals surface area contributed by atoms with Crippen molar-refractivity contribution in [3.05, 3.63) is 70.5 Å². The number of hydrogen-bond donors (Lipinski definition) is 3. The lowest BCUT2D eigenvalue weighted by molar-refractivity contribution is -0.933. The second kappa shape index (κ2) is 16.4. The Balaban J connectivity index is 0.00000237. The molecule has 1 unspecified atom stereocenters. The number of rotatable bonds is 12. The van der Waals surface area contributed by atoms with E-state index in [-0.39, 0.29) is 34.4 Å². The molecule has 5 N–H and O–H groups in total. The SMILES string of the molecule is CCl.COc1cccc(CCC[N+]2(CCCc3cccc(OC)c3)CCCC(NC(=O)c3nc(Cl)c(N)nc3N)C2)c1. The van der Waals surface area contributed by atoms with Crippen LogP contribution in [0.2, 0.25) is 5.15 Å². The maximum Gasteiger partial charge on any atom is 0.274 e. The number of anilines is 2. The molecule has 1 aliphatic heterocycles. The van der Waals surface area contributed by atoms with Crippen molar-refractivity contribution < 1.29 is 18.8 Å². The molecular formula is C31H43Cl2N6O3+. The summed E-state index contributed by atoms with van der Waals surface area (Å²) in [6.07, 6.45) is 7.42. The molecule has 0 bridgehead atoms. The number of methoxy groups -OCH3 is 2. The first kappa shape index (κ1) is 33.2. The summed E-state index contributed by atoms with van der Waals surface area (Å²) in [5, 5.41) is 3.13. The van der Waals surface area contributed by atoms with Gasteiger partial charge in [0.25, 0.3) is 5.91 Å². The fourth-order valence-electron chi connectivity index (χ4n) is 5.71. The Labute approximate surface area is 259 Å². The van der Waals surface area contributed by atoms with Gasteiger partial charge in [0.05, 0.1) is 46.4 Å². The van der Waals surface area contributed by atoms with Crippen LogP contribution in [0, 0.1) is 0 Å². The van der Waals surface area contributed by atoms with Gasteiger partial charge >= 0.3 is 0 Å². The molecule has 2 heterocycles. The molecular weight excluding hydrogens is 575 g/mol. The number of nitrogens with two attached hydrogens (primary N) is 2. The summed E-state index contributed by atoms with van der Waals surface area (Å²) in [5.41, 5.74) is 14.2. The molecule has 228 valence electrons. The number of carbonyl (C=O) groups excluding carboxylic acids is 1. The highest BCUT2D eigenvalue weighted by molar-refractivity contribution is 6.31. The maximum atomic E-state index is 13.1. The van der Waals surface area contributed by atoms with E-state index in [9.17, 15) is 4.79 Å². The van der Waals surface area contributed by atoms with E-state index >= 15 is 0 Å². The van der Waals surface area contributed by atoms with Crippen LogP contribution < -0.4 is 26.3 Å². The van der Waals surface area contributed by atoms with Crippen LogP contribution in [-0.4, -0.2) is 73.2 Å². The molecule has 2 aromatic carbocycles. The standard InChI is InChI=1S/C30H39ClN6O3.CH3Cl/c1-39-24-13-3-8-21(18-24)10-5-15-37(16-6-11-22-9-4-14-25(19-22)40-2)17-7-12-23(20-37)34-30(38)26-28(32)36-29(33)27(31)35-26;1-2/h3-4,8-9,13-14,18-19,23H,5-7,10-12,15-17,20H2,1-2H3,(H4-,32,33,34,36,38);1H3/p+1. The number of halogens is 2. The number of quaternary nitrogens is 1. The Morgan fingerprint density at radius 3 is 2.07 bits per heavy atom. The van der Waals surface area contributed by atoms with Gasteiger partial charge in [-0.3, -0.25) is 4.79 Å². The van der Waals surface area contributed by atoms with Gasteiger partial charge in [-0.25, -0.2) is 9.97 Å². The molecule has 0 spiro atoms. The third-order valence-electron chi connectivity index (χ3n) is 7.71. The van der Waals surface area contributed by atoms with E-state index in [1.807, 2.05) is 24.3 Å². The van der Waals surface area contributed by atoms with Crippen LogP contribution in [0.25, 0.3) is 0 Å². The second-order valence-electron chi connectivity index (χ2n) is 10.6. The molecule has 4 rings (SSSR count). The first-order valence-electron chi connectivity index (χ1n) is 14.2. The lowest BCUT2D eigenvalue weighted by atomic mass is 9.99. The van der Waals surface area contributed by atoms with Crippen LogP contribution in [0.3, 0.4) is 0 Å². The van der Waals surface area contributed by atoms with Crippen molar-refractivity contribution in [2.24, 2.45) is 0 Å². The Morgan fingerprint density at radius 2 is 1.52 bits per heavy atom. The topological polar surface area (TPSA) is 125 Å². The van der Waals surface area contributed by atoms with Crippen LogP contribution in [0.4, 0.5) is 11.6 Å². The molecule has 1 aliphatic rings. The highest BCUT2D eigenvalue weighted by Gasteiger charge is 2.35. The van der Waals surface area contributed by atoms with Crippen LogP contribution in [-0.2, 0) is 12.8 Å². The highest BCUT2D eigenvalue weighted by atomic mass is 35.5. The normalized spacial score (nSPS) is 15.7. The number of nitrogen functional groups attached to an aromatic ring is 2. The number of hydrogen-bond acceptors (Lipinski definition) is 7. The van der Waals surface area contributed by atoms with E-state index < -0.39 is 0 Å². The fourth-order valence-corrected chi connectivity index (χ4v) is 5.84. The van der Waals surface area contributed by atoms with Crippen LogP contribution in [0.5, 0.6) is 11.5 Å². The number of alkyl halides is 1. The van der Waals surface area contributed by atoms with E-state index in [1.54, 1.807) is 14.2 Å². The molecule has 0 radical (unpaired) electrons. The van der Waals surface area contributed by atoms with Crippen molar-refractivity contribution >= 4 is 40.7 Å². The summed E-state index contributed by atoms with van der Waals surface area (Å²) in [6.45, 7) is 3.98. The second-order valence-corrected chi connectivity index (χ2v) is 10.9. The van der Waals surface area contributed by atoms with Gasteiger partial charge in [-0.15, -0.1) is 11.6 Å². The Hall–Kier alpha value is -3.27. The number of carbonyl (C=O) groups is 1. The van der Waals surface area contributed by atoms with Gasteiger partial charge in [0, 0.05) is 19.2 Å². The fraction of sp³-hybridized carbons (Fsp3) is 0.452. The predicted molar refractivity (Wildman–Crippen MR) is 170 cm³/mol. The largest absolute Gasteiger partial charge is 0.497 e. The smallest absolute Gasteiger partial charge is 0.274 e. The zero-order valence-electron chi connectivity index (χ0n) is 24.7. The predicted octanol–water partition coefficient (Wildman–Crippen LogP) is 5.14. The number of likely N-dealkylation sites (tertiary alicyclic amines) is 1. The van der Waals surface area contributed by atoms with Crippen molar-refractivity contribution in [3.63, 3.8) is 0 Å². The Bertz CT molecular complexity index is 1260. The summed E-state index contributed by atoms with van der Waals surface area (Å²) in [5.74, 6) is 1.38. The lowest BCUT2D eigenvalue weighted by Gasteiger charge is -2.45. The van der Waals surface area contributed by atoms with Gasteiger partial charge in [-0.05, 0) is 61.1 Å². The molecule has 1 amide bonds. The quantitative estimate of drug-likeness (QED) is 0.190. The molecule has 9 nitrogen and oxygen atoms in total. The zero-order valence-corrected chi connectivity index (χ0v) is 26.3. The van der Waals surface area contributed by atoms with Crippen molar-refractivity contribution in [1.82, 2.24) is 15.3 Å². The van der Waals surface area contributed by atoms with Gasteiger partial charge in [0.1, 0.15) is 11.5 Å². The summed E-state index contributed by atoms with van der Waals surface area (Å²) in [6, 6.07) is 16.5. The zero-order chi connectivity index (χ0) is 30.5. The third-order valence-corrected chi connectivity index (χ3v) is 7.99. The molecule has 3 aromatic rings. The molecule has 1 atom stereocenters. The third kappa shape index (κ3) is 9.37. The summed E-state index contributed by atoms with van der Waals surface area (Å²) in [7, 11) is 3.39.